The number of likely N-dealkylation sites (tertiary alicyclic amines) is 1. The van der Waals surface area contributed by atoms with Gasteiger partial charge in [-0.2, -0.15) is 5.10 Å². The Labute approximate surface area is 126 Å². The quantitative estimate of drug-likeness (QED) is 0.768. The lowest BCUT2D eigenvalue weighted by molar-refractivity contribution is -0.138. The van der Waals surface area contributed by atoms with Gasteiger partial charge in [0, 0.05) is 19.5 Å². The molecule has 1 saturated heterocycles. The smallest absolute Gasteiger partial charge is 0.224 e. The summed E-state index contributed by atoms with van der Waals surface area (Å²) in [6.07, 6.45) is 6.19. The number of hydrogen-bond donors (Lipinski definition) is 0. The topological polar surface area (TPSA) is 91.0 Å². The van der Waals surface area contributed by atoms with Crippen molar-refractivity contribution in [2.45, 2.75) is 38.1 Å². The molecule has 2 aliphatic rings. The van der Waals surface area contributed by atoms with Crippen LogP contribution in [-0.2, 0) is 22.7 Å². The lowest BCUT2D eigenvalue weighted by atomic mass is 10.00. The van der Waals surface area contributed by atoms with E-state index in [-0.39, 0.29) is 18.1 Å². The van der Waals surface area contributed by atoms with Crippen LogP contribution in [0.1, 0.15) is 24.6 Å². The zero-order valence-corrected chi connectivity index (χ0v) is 12.1. The largest absolute Gasteiger partial charge is 0.370 e. The molecule has 0 unspecified atom stereocenters. The van der Waals surface area contributed by atoms with Gasteiger partial charge in [0.1, 0.15) is 12.7 Å². The average Bonchev–Trinajstić information content (AvgIpc) is 3.23. The molecule has 0 saturated carbocycles. The third kappa shape index (κ3) is 2.37. The molecule has 0 N–H and O–H groups in total. The van der Waals surface area contributed by atoms with E-state index < -0.39 is 0 Å². The summed E-state index contributed by atoms with van der Waals surface area (Å²) in [4.78, 5) is 18.2. The number of amides is 1. The molecule has 9 heteroatoms. The van der Waals surface area contributed by atoms with Crippen molar-refractivity contribution in [1.82, 2.24) is 34.7 Å². The van der Waals surface area contributed by atoms with Crippen molar-refractivity contribution in [1.29, 1.82) is 0 Å². The van der Waals surface area contributed by atoms with Crippen LogP contribution < -0.4 is 0 Å². The second kappa shape index (κ2) is 5.48. The molecule has 0 radical (unpaired) electrons. The number of aromatic nitrogens is 6. The van der Waals surface area contributed by atoms with Crippen LogP contribution in [0.15, 0.2) is 18.9 Å². The highest BCUT2D eigenvalue weighted by Gasteiger charge is 2.37. The Morgan fingerprint density at radius 2 is 2.41 bits per heavy atom. The molecule has 2 aliphatic heterocycles. The molecule has 2 atom stereocenters. The molecule has 4 rings (SSSR count). The van der Waals surface area contributed by atoms with Crippen LogP contribution >= 0.6 is 0 Å². The molecular formula is C13H17N7O2. The fourth-order valence-corrected chi connectivity index (χ4v) is 3.12. The Morgan fingerprint density at radius 3 is 3.27 bits per heavy atom. The first kappa shape index (κ1) is 13.4. The van der Waals surface area contributed by atoms with Crippen molar-refractivity contribution < 1.29 is 9.53 Å². The maximum absolute atomic E-state index is 12.4. The number of carbonyl (C=O) groups is 1. The number of nitrogens with zero attached hydrogens (tertiary/aromatic N) is 7. The van der Waals surface area contributed by atoms with Crippen LogP contribution in [0.4, 0.5) is 0 Å². The molecule has 0 aromatic carbocycles. The summed E-state index contributed by atoms with van der Waals surface area (Å²) in [5.74, 6) is 0.126. The van der Waals surface area contributed by atoms with Crippen LogP contribution in [0.2, 0.25) is 0 Å². The first-order valence-electron chi connectivity index (χ1n) is 7.42. The van der Waals surface area contributed by atoms with Gasteiger partial charge in [0.2, 0.25) is 5.91 Å². The number of aryl methyl sites for hydroxylation is 1. The van der Waals surface area contributed by atoms with Crippen molar-refractivity contribution in [3.05, 3.63) is 24.5 Å². The van der Waals surface area contributed by atoms with Crippen LogP contribution in [0.3, 0.4) is 0 Å². The Bertz CT molecular complexity index is 653. The van der Waals surface area contributed by atoms with Gasteiger partial charge in [-0.15, -0.1) is 5.10 Å². The Morgan fingerprint density at radius 1 is 1.45 bits per heavy atom. The summed E-state index contributed by atoms with van der Waals surface area (Å²) >= 11 is 0. The van der Waals surface area contributed by atoms with Gasteiger partial charge in [0.05, 0.1) is 37.2 Å². The molecule has 1 amide bonds. The normalized spacial score (nSPS) is 23.9. The van der Waals surface area contributed by atoms with E-state index in [1.54, 1.807) is 17.2 Å². The Hall–Kier alpha value is -2.29. The van der Waals surface area contributed by atoms with E-state index in [4.69, 9.17) is 4.74 Å². The minimum atomic E-state index is 0.0651. The van der Waals surface area contributed by atoms with Crippen molar-refractivity contribution >= 4 is 5.91 Å². The number of hydrogen-bond acceptors (Lipinski definition) is 6. The molecule has 116 valence electrons. The first-order chi connectivity index (χ1) is 10.8. The van der Waals surface area contributed by atoms with Gasteiger partial charge in [0.15, 0.2) is 0 Å². The van der Waals surface area contributed by atoms with Gasteiger partial charge in [0.25, 0.3) is 0 Å². The van der Waals surface area contributed by atoms with E-state index in [1.165, 1.54) is 6.33 Å². The highest BCUT2D eigenvalue weighted by atomic mass is 16.5. The molecule has 4 heterocycles. The molecule has 0 spiro atoms. The third-order valence-corrected chi connectivity index (χ3v) is 4.30. The fourth-order valence-electron chi connectivity index (χ4n) is 3.12. The summed E-state index contributed by atoms with van der Waals surface area (Å²) in [7, 11) is 0. The number of ether oxygens (including phenoxy) is 1. The van der Waals surface area contributed by atoms with Crippen LogP contribution in [-0.4, -0.2) is 59.8 Å². The van der Waals surface area contributed by atoms with Gasteiger partial charge < -0.3 is 9.64 Å². The summed E-state index contributed by atoms with van der Waals surface area (Å²) in [5.41, 5.74) is 0.971. The predicted octanol–water partition coefficient (Wildman–Crippen LogP) is -0.368. The SMILES string of the molecule is O=C(CCn1cncn1)N1CC[C@H]2OCc3cnnn3[C@@H]2C1. The highest BCUT2D eigenvalue weighted by Crippen LogP contribution is 2.30. The van der Waals surface area contributed by atoms with E-state index in [0.717, 1.165) is 18.7 Å². The number of fused-ring (bicyclic) bond motifs is 3. The van der Waals surface area contributed by atoms with Crippen LogP contribution in [0.5, 0.6) is 0 Å². The molecule has 2 aromatic rings. The molecule has 0 bridgehead atoms. The van der Waals surface area contributed by atoms with Crippen LogP contribution in [0, 0.1) is 0 Å². The van der Waals surface area contributed by atoms with E-state index in [9.17, 15) is 4.79 Å². The third-order valence-electron chi connectivity index (χ3n) is 4.30. The zero-order valence-electron chi connectivity index (χ0n) is 12.1. The molecule has 9 nitrogen and oxygen atoms in total. The Kier molecular flexibility index (Phi) is 3.34. The first-order valence-corrected chi connectivity index (χ1v) is 7.42. The molecular weight excluding hydrogens is 286 g/mol. The van der Waals surface area contributed by atoms with E-state index >= 15 is 0 Å². The second-order valence-corrected chi connectivity index (χ2v) is 5.62. The highest BCUT2D eigenvalue weighted by molar-refractivity contribution is 5.76. The summed E-state index contributed by atoms with van der Waals surface area (Å²) < 4.78 is 9.43. The van der Waals surface area contributed by atoms with Gasteiger partial charge >= 0.3 is 0 Å². The second-order valence-electron chi connectivity index (χ2n) is 5.62. The minimum Gasteiger partial charge on any atom is -0.370 e. The number of piperidine rings is 1. The van der Waals surface area contributed by atoms with E-state index in [1.807, 2.05) is 9.58 Å². The molecule has 22 heavy (non-hydrogen) atoms. The van der Waals surface area contributed by atoms with E-state index in [0.29, 0.717) is 26.1 Å². The summed E-state index contributed by atoms with van der Waals surface area (Å²) in [6.45, 7) is 2.45. The van der Waals surface area contributed by atoms with Gasteiger partial charge in [-0.25, -0.2) is 9.67 Å². The number of rotatable bonds is 3. The molecule has 0 aliphatic carbocycles. The van der Waals surface area contributed by atoms with Gasteiger partial charge in [-0.3, -0.25) is 9.48 Å². The maximum atomic E-state index is 12.4. The summed E-state index contributed by atoms with van der Waals surface area (Å²) in [6, 6.07) is 0.0651. The Balaban J connectivity index is 1.41. The van der Waals surface area contributed by atoms with Crippen molar-refractivity contribution in [3.63, 3.8) is 0 Å². The van der Waals surface area contributed by atoms with Crippen molar-refractivity contribution in [2.24, 2.45) is 0 Å². The average molecular weight is 303 g/mol. The standard InChI is InChI=1S/C13H17N7O2/c21-13(2-4-19-9-14-8-16-19)18-3-1-12-11(6-18)20-10(7-22-12)5-15-17-20/h5,8-9,11-12H,1-4,6-7H2/t11-,12-/m1/s1. The van der Waals surface area contributed by atoms with Crippen LogP contribution in [0.25, 0.3) is 0 Å². The van der Waals surface area contributed by atoms with Crippen molar-refractivity contribution in [2.75, 3.05) is 13.1 Å². The predicted molar refractivity (Wildman–Crippen MR) is 73.5 cm³/mol. The maximum Gasteiger partial charge on any atom is 0.224 e. The lowest BCUT2D eigenvalue weighted by Gasteiger charge is -2.41. The molecule has 2 aromatic heterocycles. The van der Waals surface area contributed by atoms with E-state index in [2.05, 4.69) is 20.4 Å². The molecule has 1 fully saturated rings. The monoisotopic (exact) mass is 303 g/mol. The van der Waals surface area contributed by atoms with Gasteiger partial charge in [-0.05, 0) is 6.42 Å². The number of carbonyl (C=O) groups excluding carboxylic acids is 1. The zero-order chi connectivity index (χ0) is 14.9. The lowest BCUT2D eigenvalue weighted by Crippen LogP contribution is -2.50. The summed E-state index contributed by atoms with van der Waals surface area (Å²) in [5, 5.41) is 12.1. The van der Waals surface area contributed by atoms with Gasteiger partial charge in [-0.1, -0.05) is 5.21 Å². The van der Waals surface area contributed by atoms with Crippen molar-refractivity contribution in [3.8, 4) is 0 Å². The fraction of sp³-hybridized carbons (Fsp3) is 0.615. The minimum absolute atomic E-state index is 0.0651.